The minimum absolute atomic E-state index is 0.0568. The molecule has 0 spiro atoms. The Morgan fingerprint density at radius 1 is 1.10 bits per heavy atom. The van der Waals surface area contributed by atoms with Crippen molar-refractivity contribution in [3.8, 4) is 5.75 Å². The Balaban J connectivity index is 0.00000172. The molecular weight excluding hydrogens is 500 g/mol. The lowest BCUT2D eigenvalue weighted by molar-refractivity contribution is 0.0122. The third-order valence-electron chi connectivity index (χ3n) is 6.58. The van der Waals surface area contributed by atoms with Crippen LogP contribution in [0.3, 0.4) is 0 Å². The first-order chi connectivity index (χ1) is 18.9. The van der Waals surface area contributed by atoms with Crippen LogP contribution in [-0.4, -0.2) is 50.7 Å². The maximum atomic E-state index is 13.4. The zero-order valence-corrected chi connectivity index (χ0v) is 22.7. The number of carbonyl (C=O) groups excluding carboxylic acids is 1. The summed E-state index contributed by atoms with van der Waals surface area (Å²) in [7, 11) is 0. The molecule has 1 fully saturated rings. The van der Waals surface area contributed by atoms with Crippen molar-refractivity contribution >= 4 is 17.2 Å². The fraction of sp³-hybridized carbons (Fsp3) is 0.367. The number of rotatable bonds is 9. The van der Waals surface area contributed by atoms with Crippen LogP contribution in [0.2, 0.25) is 0 Å². The first-order valence-electron chi connectivity index (χ1n) is 13.4. The molecule has 0 aliphatic carbocycles. The van der Waals surface area contributed by atoms with Gasteiger partial charge in [0.05, 0.1) is 23.6 Å². The van der Waals surface area contributed by atoms with Gasteiger partial charge in [-0.15, -0.1) is 0 Å². The summed E-state index contributed by atoms with van der Waals surface area (Å²) in [5.41, 5.74) is 4.70. The Morgan fingerprint density at radius 2 is 1.90 bits per heavy atom. The van der Waals surface area contributed by atoms with E-state index in [-0.39, 0.29) is 18.9 Å². The van der Waals surface area contributed by atoms with Gasteiger partial charge in [-0.05, 0) is 74.8 Å². The summed E-state index contributed by atoms with van der Waals surface area (Å²) in [6.07, 6.45) is 5.00. The predicted octanol–water partition coefficient (Wildman–Crippen LogP) is 6.17. The van der Waals surface area contributed by atoms with Crippen LogP contribution < -0.4 is 10.1 Å². The molecule has 7 nitrogen and oxygen atoms in total. The van der Waals surface area contributed by atoms with Gasteiger partial charge >= 0.3 is 0 Å². The number of carbonyl (C=O) groups is 1. The second-order valence-corrected chi connectivity index (χ2v) is 9.36. The van der Waals surface area contributed by atoms with Crippen molar-refractivity contribution in [1.82, 2.24) is 19.3 Å². The molecule has 0 saturated carbocycles. The molecule has 1 aliphatic heterocycles. The smallest absolute Gasteiger partial charge is 0.261 e. The maximum absolute atomic E-state index is 13.4. The number of nitrogens with zero attached hydrogens (tertiary/aromatic N) is 4. The quantitative estimate of drug-likeness (QED) is 0.278. The fourth-order valence-electron chi connectivity index (χ4n) is 4.54. The summed E-state index contributed by atoms with van der Waals surface area (Å²) in [4.78, 5) is 23.5. The molecule has 3 aromatic heterocycles. The Morgan fingerprint density at radius 3 is 2.59 bits per heavy atom. The van der Waals surface area contributed by atoms with Gasteiger partial charge in [-0.3, -0.25) is 14.7 Å². The zero-order chi connectivity index (χ0) is 27.8. The number of aromatic nitrogens is 3. The molecule has 4 heterocycles. The topological polar surface area (TPSA) is 71.8 Å². The number of hydrogen-bond acceptors (Lipinski definition) is 5. The number of aryl methyl sites for hydroxylation is 2. The van der Waals surface area contributed by atoms with Crippen molar-refractivity contribution in [3.05, 3.63) is 89.6 Å². The van der Waals surface area contributed by atoms with Gasteiger partial charge in [0, 0.05) is 36.6 Å². The number of ether oxygens (including phenoxy) is 1. The van der Waals surface area contributed by atoms with Gasteiger partial charge in [-0.25, -0.2) is 13.8 Å². The van der Waals surface area contributed by atoms with E-state index in [9.17, 15) is 13.6 Å². The van der Waals surface area contributed by atoms with Gasteiger partial charge in [0.1, 0.15) is 18.0 Å². The largest absolute Gasteiger partial charge is 0.487 e. The molecule has 206 valence electrons. The van der Waals surface area contributed by atoms with Gasteiger partial charge in [0.2, 0.25) is 0 Å². The molecule has 0 radical (unpaired) electrons. The summed E-state index contributed by atoms with van der Waals surface area (Å²) in [5, 5.41) is 2.94. The normalized spacial score (nSPS) is 14.6. The number of imidazole rings is 1. The summed E-state index contributed by atoms with van der Waals surface area (Å²) in [6.45, 7) is 7.26. The Bertz CT molecular complexity index is 1370. The highest BCUT2D eigenvalue weighted by molar-refractivity contribution is 6.04. The van der Waals surface area contributed by atoms with Crippen LogP contribution >= 0.6 is 0 Å². The number of benzene rings is 1. The molecule has 4 aromatic rings. The van der Waals surface area contributed by atoms with Gasteiger partial charge < -0.3 is 14.5 Å². The lowest BCUT2D eigenvalue weighted by atomic mass is 10.2. The highest BCUT2D eigenvalue weighted by atomic mass is 19.3. The average Bonchev–Trinajstić information content (AvgIpc) is 3.47. The van der Waals surface area contributed by atoms with Crippen LogP contribution in [0.5, 0.6) is 5.75 Å². The summed E-state index contributed by atoms with van der Waals surface area (Å²) < 4.78 is 34.5. The number of hydrogen-bond donors (Lipinski definition) is 1. The standard InChI is InChI=1S/C28H29F2N5O2.C2H6/c1-20-25(6-4-15-34-16-13-28(29,30)19-34)33-26-12-9-22(17-35(20)26)32-27(36)21-7-10-24(11-8-21)37-18-23-5-2-3-14-31-23;1-2/h2-3,5,7-12,14,17H,4,6,13,15-16,18-19H2,1H3,(H,32,36);1-2H3. The molecule has 5 rings (SSSR count). The number of fused-ring (bicyclic) bond motifs is 1. The van der Waals surface area contributed by atoms with E-state index in [0.717, 1.165) is 29.1 Å². The van der Waals surface area contributed by atoms with E-state index in [2.05, 4.69) is 10.3 Å². The van der Waals surface area contributed by atoms with Crippen molar-refractivity contribution in [1.29, 1.82) is 0 Å². The second kappa shape index (κ2) is 12.8. The summed E-state index contributed by atoms with van der Waals surface area (Å²) in [6, 6.07) is 16.3. The molecule has 0 unspecified atom stereocenters. The van der Waals surface area contributed by atoms with Crippen molar-refractivity contribution in [2.24, 2.45) is 0 Å². The van der Waals surface area contributed by atoms with Crippen LogP contribution in [0.15, 0.2) is 67.0 Å². The molecule has 1 aliphatic rings. The lowest BCUT2D eigenvalue weighted by Gasteiger charge is -2.14. The third-order valence-corrected chi connectivity index (χ3v) is 6.58. The van der Waals surface area contributed by atoms with Gasteiger partial charge in [0.25, 0.3) is 11.8 Å². The molecule has 9 heteroatoms. The summed E-state index contributed by atoms with van der Waals surface area (Å²) in [5.74, 6) is -2.13. The SMILES string of the molecule is CC.Cc1c(CCCN2CCC(F)(F)C2)nc2ccc(NC(=O)c3ccc(OCc4ccccn4)cc3)cn12. The number of amides is 1. The van der Waals surface area contributed by atoms with Crippen molar-refractivity contribution < 1.29 is 18.3 Å². The number of halogens is 2. The van der Waals surface area contributed by atoms with Crippen molar-refractivity contribution in [2.75, 3.05) is 25.0 Å². The van der Waals surface area contributed by atoms with Crippen LogP contribution in [0.25, 0.3) is 5.65 Å². The van der Waals surface area contributed by atoms with E-state index in [0.29, 0.717) is 43.1 Å². The second-order valence-electron chi connectivity index (χ2n) is 9.36. The minimum atomic E-state index is -2.56. The molecular formula is C30H35F2N5O2. The molecule has 39 heavy (non-hydrogen) atoms. The molecule has 1 aromatic carbocycles. The number of likely N-dealkylation sites (tertiary alicyclic amines) is 1. The zero-order valence-electron chi connectivity index (χ0n) is 22.7. The number of alkyl halides is 2. The van der Waals surface area contributed by atoms with Crippen LogP contribution in [0.4, 0.5) is 14.5 Å². The fourth-order valence-corrected chi connectivity index (χ4v) is 4.54. The highest BCUT2D eigenvalue weighted by Gasteiger charge is 2.37. The number of nitrogens with one attached hydrogen (secondary N) is 1. The van der Waals surface area contributed by atoms with Crippen LogP contribution in [0, 0.1) is 6.92 Å². The molecule has 0 bridgehead atoms. The first kappa shape index (κ1) is 28.2. The Hall–Kier alpha value is -3.85. The van der Waals surface area contributed by atoms with E-state index >= 15 is 0 Å². The molecule has 1 N–H and O–H groups in total. The van der Waals surface area contributed by atoms with Crippen LogP contribution in [-0.2, 0) is 13.0 Å². The van der Waals surface area contributed by atoms with Crippen molar-refractivity contribution in [3.63, 3.8) is 0 Å². The van der Waals surface area contributed by atoms with E-state index in [1.54, 1.807) is 30.5 Å². The Kier molecular flexibility index (Phi) is 9.24. The highest BCUT2D eigenvalue weighted by Crippen LogP contribution is 2.27. The molecule has 1 saturated heterocycles. The Labute approximate surface area is 227 Å². The van der Waals surface area contributed by atoms with Crippen molar-refractivity contribution in [2.45, 2.75) is 52.6 Å². The molecule has 1 amide bonds. The van der Waals surface area contributed by atoms with E-state index < -0.39 is 5.92 Å². The third kappa shape index (κ3) is 7.38. The van der Waals surface area contributed by atoms with Crippen LogP contribution in [0.1, 0.15) is 54.1 Å². The minimum Gasteiger partial charge on any atom is -0.487 e. The first-order valence-corrected chi connectivity index (χ1v) is 13.4. The maximum Gasteiger partial charge on any atom is 0.261 e. The van der Waals surface area contributed by atoms with Gasteiger partial charge in [-0.1, -0.05) is 19.9 Å². The monoisotopic (exact) mass is 535 g/mol. The van der Waals surface area contributed by atoms with E-state index in [1.807, 2.05) is 66.6 Å². The lowest BCUT2D eigenvalue weighted by Crippen LogP contribution is -2.26. The molecule has 0 atom stereocenters. The number of pyridine rings is 2. The van der Waals surface area contributed by atoms with Gasteiger partial charge in [0.15, 0.2) is 0 Å². The number of anilines is 1. The van der Waals surface area contributed by atoms with E-state index in [1.165, 1.54) is 0 Å². The van der Waals surface area contributed by atoms with Gasteiger partial charge in [-0.2, -0.15) is 0 Å². The predicted molar refractivity (Wildman–Crippen MR) is 149 cm³/mol. The average molecular weight is 536 g/mol. The van der Waals surface area contributed by atoms with E-state index in [4.69, 9.17) is 9.72 Å². The summed E-state index contributed by atoms with van der Waals surface area (Å²) >= 11 is 0.